The van der Waals surface area contributed by atoms with E-state index in [9.17, 15) is 13.2 Å². The molecule has 0 aromatic heterocycles. The number of sulfone groups is 1. The van der Waals surface area contributed by atoms with Crippen LogP contribution in [0.5, 0.6) is 5.75 Å². The maximum absolute atomic E-state index is 11.6. The molecule has 6 nitrogen and oxygen atoms in total. The molecule has 138 valence electrons. The summed E-state index contributed by atoms with van der Waals surface area (Å²) in [6.45, 7) is 6.56. The maximum atomic E-state index is 11.6. The number of hydrogen-bond donors (Lipinski definition) is 0. The first kappa shape index (κ1) is 18.4. The van der Waals surface area contributed by atoms with E-state index in [1.807, 2.05) is 18.2 Å². The van der Waals surface area contributed by atoms with Crippen molar-refractivity contribution < 1.29 is 17.9 Å². The minimum Gasteiger partial charge on any atom is -0.491 e. The smallest absolute Gasteiger partial charge is 0.163 e. The van der Waals surface area contributed by atoms with Crippen molar-refractivity contribution in [3.63, 3.8) is 0 Å². The molecule has 2 heterocycles. The van der Waals surface area contributed by atoms with Gasteiger partial charge in [-0.2, -0.15) is 0 Å². The quantitative estimate of drug-likeness (QED) is 0.702. The topological polar surface area (TPSA) is 66.9 Å². The first-order chi connectivity index (χ1) is 11.9. The highest BCUT2D eigenvalue weighted by atomic mass is 32.2. The molecule has 0 aliphatic carbocycles. The third-order valence-electron chi connectivity index (χ3n) is 5.06. The molecule has 0 bridgehead atoms. The highest BCUT2D eigenvalue weighted by molar-refractivity contribution is 7.91. The van der Waals surface area contributed by atoms with Gasteiger partial charge >= 0.3 is 0 Å². The van der Waals surface area contributed by atoms with E-state index in [2.05, 4.69) is 9.80 Å². The number of rotatable bonds is 6. The standard InChI is InChI=1S/C18H26N2O4S/c1-15(21)17-4-2-3-5-18(17)24-12-11-19-7-9-20(10-8-19)16-6-13-25(22,23)14-16/h2-5,16H,6-14H2,1H3/t16-/m1/s1. The molecule has 2 aliphatic heterocycles. The van der Waals surface area contributed by atoms with Crippen LogP contribution in [0.15, 0.2) is 24.3 Å². The third-order valence-corrected chi connectivity index (χ3v) is 6.81. The molecular formula is C18H26N2O4S. The van der Waals surface area contributed by atoms with Gasteiger partial charge in [0.15, 0.2) is 15.6 Å². The van der Waals surface area contributed by atoms with Gasteiger partial charge in [-0.05, 0) is 25.5 Å². The summed E-state index contributed by atoms with van der Waals surface area (Å²) in [5.41, 5.74) is 0.620. The largest absolute Gasteiger partial charge is 0.491 e. The SMILES string of the molecule is CC(=O)c1ccccc1OCCN1CCN([C@@H]2CCS(=O)(=O)C2)CC1. The lowest BCUT2D eigenvalue weighted by Crippen LogP contribution is -2.51. The van der Waals surface area contributed by atoms with E-state index < -0.39 is 9.84 Å². The Bertz CT molecular complexity index is 712. The molecule has 7 heteroatoms. The summed E-state index contributed by atoms with van der Waals surface area (Å²) >= 11 is 0. The van der Waals surface area contributed by atoms with Gasteiger partial charge in [0, 0.05) is 38.8 Å². The van der Waals surface area contributed by atoms with Crippen LogP contribution in [0.4, 0.5) is 0 Å². The van der Waals surface area contributed by atoms with Gasteiger partial charge in [-0.25, -0.2) is 8.42 Å². The summed E-state index contributed by atoms with van der Waals surface area (Å²) in [7, 11) is -2.82. The number of para-hydroxylation sites is 1. The van der Waals surface area contributed by atoms with E-state index in [4.69, 9.17) is 4.74 Å². The lowest BCUT2D eigenvalue weighted by Gasteiger charge is -2.37. The number of benzene rings is 1. The second kappa shape index (κ2) is 7.85. The lowest BCUT2D eigenvalue weighted by molar-refractivity contribution is 0.0929. The van der Waals surface area contributed by atoms with Gasteiger partial charge in [-0.15, -0.1) is 0 Å². The van der Waals surface area contributed by atoms with Crippen LogP contribution in [0.25, 0.3) is 0 Å². The van der Waals surface area contributed by atoms with Crippen LogP contribution in [-0.2, 0) is 9.84 Å². The zero-order valence-electron chi connectivity index (χ0n) is 14.7. The van der Waals surface area contributed by atoms with Crippen LogP contribution in [-0.4, -0.2) is 80.9 Å². The number of Topliss-reactive ketones (excluding diaryl/α,β-unsaturated/α-hetero) is 1. The molecule has 2 saturated heterocycles. The Kier molecular flexibility index (Phi) is 5.76. The second-order valence-corrected chi connectivity index (χ2v) is 9.06. The fourth-order valence-electron chi connectivity index (χ4n) is 3.58. The van der Waals surface area contributed by atoms with E-state index in [1.165, 1.54) is 0 Å². The number of piperazine rings is 1. The Labute approximate surface area is 149 Å². The van der Waals surface area contributed by atoms with Gasteiger partial charge in [0.2, 0.25) is 0 Å². The fraction of sp³-hybridized carbons (Fsp3) is 0.611. The molecule has 1 atom stereocenters. The minimum atomic E-state index is -2.82. The van der Waals surface area contributed by atoms with E-state index in [0.717, 1.165) is 39.1 Å². The summed E-state index contributed by atoms with van der Waals surface area (Å²) in [5, 5.41) is 0. The summed E-state index contributed by atoms with van der Waals surface area (Å²) in [6.07, 6.45) is 0.771. The van der Waals surface area contributed by atoms with Crippen molar-refractivity contribution in [2.45, 2.75) is 19.4 Å². The van der Waals surface area contributed by atoms with Gasteiger partial charge in [0.05, 0.1) is 17.1 Å². The van der Waals surface area contributed by atoms with Crippen molar-refractivity contribution in [2.75, 3.05) is 50.8 Å². The fourth-order valence-corrected chi connectivity index (χ4v) is 5.35. The van der Waals surface area contributed by atoms with E-state index in [1.54, 1.807) is 13.0 Å². The summed E-state index contributed by atoms with van der Waals surface area (Å²) in [6, 6.07) is 7.52. The minimum absolute atomic E-state index is 0.00994. The molecule has 0 amide bonds. The monoisotopic (exact) mass is 366 g/mol. The zero-order valence-corrected chi connectivity index (χ0v) is 15.5. The molecule has 0 radical (unpaired) electrons. The third kappa shape index (κ3) is 4.80. The Morgan fingerprint density at radius 2 is 1.92 bits per heavy atom. The second-order valence-electron chi connectivity index (χ2n) is 6.84. The maximum Gasteiger partial charge on any atom is 0.163 e. The first-order valence-corrected chi connectivity index (χ1v) is 10.7. The van der Waals surface area contributed by atoms with Gasteiger partial charge in [-0.1, -0.05) is 12.1 Å². The van der Waals surface area contributed by atoms with Crippen LogP contribution in [0.3, 0.4) is 0 Å². The molecule has 0 N–H and O–H groups in total. The number of ether oxygens (including phenoxy) is 1. The molecule has 3 rings (SSSR count). The van der Waals surface area contributed by atoms with Crippen molar-refractivity contribution in [1.29, 1.82) is 0 Å². The highest BCUT2D eigenvalue weighted by Gasteiger charge is 2.33. The van der Waals surface area contributed by atoms with Crippen molar-refractivity contribution in [3.05, 3.63) is 29.8 Å². The van der Waals surface area contributed by atoms with Crippen molar-refractivity contribution >= 4 is 15.6 Å². The van der Waals surface area contributed by atoms with Crippen LogP contribution in [0.1, 0.15) is 23.7 Å². The van der Waals surface area contributed by atoms with Crippen molar-refractivity contribution in [1.82, 2.24) is 9.80 Å². The van der Waals surface area contributed by atoms with Gasteiger partial charge < -0.3 is 4.74 Å². The van der Waals surface area contributed by atoms with Crippen LogP contribution < -0.4 is 4.74 Å². The number of carbonyl (C=O) groups excluding carboxylic acids is 1. The van der Waals surface area contributed by atoms with E-state index in [0.29, 0.717) is 29.4 Å². The molecule has 0 saturated carbocycles. The molecule has 0 spiro atoms. The predicted molar refractivity (Wildman–Crippen MR) is 97.0 cm³/mol. The molecule has 25 heavy (non-hydrogen) atoms. The van der Waals surface area contributed by atoms with Crippen LogP contribution in [0.2, 0.25) is 0 Å². The molecular weight excluding hydrogens is 340 g/mol. The zero-order chi connectivity index (χ0) is 17.9. The van der Waals surface area contributed by atoms with Gasteiger partial charge in [0.25, 0.3) is 0 Å². The van der Waals surface area contributed by atoms with Crippen molar-refractivity contribution in [3.8, 4) is 5.75 Å². The highest BCUT2D eigenvalue weighted by Crippen LogP contribution is 2.20. The Morgan fingerprint density at radius 1 is 1.20 bits per heavy atom. The number of carbonyl (C=O) groups is 1. The molecule has 0 unspecified atom stereocenters. The predicted octanol–water partition coefficient (Wildman–Crippen LogP) is 1.07. The van der Waals surface area contributed by atoms with E-state index >= 15 is 0 Å². The number of nitrogens with zero attached hydrogens (tertiary/aromatic N) is 2. The van der Waals surface area contributed by atoms with Gasteiger partial charge in [-0.3, -0.25) is 14.6 Å². The molecule has 1 aromatic rings. The van der Waals surface area contributed by atoms with Crippen LogP contribution in [0, 0.1) is 0 Å². The normalized spacial score (nSPS) is 24.3. The molecule has 2 fully saturated rings. The van der Waals surface area contributed by atoms with Crippen LogP contribution >= 0.6 is 0 Å². The van der Waals surface area contributed by atoms with Gasteiger partial charge in [0.1, 0.15) is 12.4 Å². The number of ketones is 1. The average molecular weight is 366 g/mol. The van der Waals surface area contributed by atoms with Crippen molar-refractivity contribution in [2.24, 2.45) is 0 Å². The lowest BCUT2D eigenvalue weighted by atomic mass is 10.1. The number of hydrogen-bond acceptors (Lipinski definition) is 6. The Morgan fingerprint density at radius 3 is 2.56 bits per heavy atom. The Balaban J connectivity index is 1.42. The summed E-state index contributed by atoms with van der Waals surface area (Å²) < 4.78 is 29.0. The van der Waals surface area contributed by atoms with E-state index in [-0.39, 0.29) is 11.8 Å². The Hall–Kier alpha value is -1.44. The summed E-state index contributed by atoms with van der Waals surface area (Å²) in [5.74, 6) is 1.31. The summed E-state index contributed by atoms with van der Waals surface area (Å²) in [4.78, 5) is 16.2. The molecule has 1 aromatic carbocycles. The first-order valence-electron chi connectivity index (χ1n) is 8.84. The average Bonchev–Trinajstić information content (AvgIpc) is 2.96. The molecule has 2 aliphatic rings.